The molecule has 0 heterocycles. The molecule has 0 bridgehead atoms. The third-order valence-electron chi connectivity index (χ3n) is 2.48. The molecule has 0 aliphatic rings. The van der Waals surface area contributed by atoms with E-state index in [2.05, 4.69) is 5.32 Å². The zero-order valence-electron chi connectivity index (χ0n) is 11.0. The predicted octanol–water partition coefficient (Wildman–Crippen LogP) is 0.554. The lowest BCUT2D eigenvalue weighted by molar-refractivity contribution is -0.142. The quantitative estimate of drug-likeness (QED) is 0.647. The van der Waals surface area contributed by atoms with Crippen molar-refractivity contribution >= 4 is 29.4 Å². The minimum absolute atomic E-state index is 0.0758. The normalized spacial score (nSPS) is 11.5. The number of carboxylic acids is 1. The molecular weight excluding hydrogens is 300 g/mol. The minimum atomic E-state index is -1.24. The number of primary amides is 1. The maximum Gasteiger partial charge on any atom is 0.326 e. The maximum absolute atomic E-state index is 11.6. The molecule has 2 amide bonds. The molecule has 0 fully saturated rings. The maximum atomic E-state index is 11.6. The molecule has 4 N–H and O–H groups in total. The van der Waals surface area contributed by atoms with Gasteiger partial charge in [0.2, 0.25) is 5.91 Å². The molecule has 0 aliphatic heterocycles. The van der Waals surface area contributed by atoms with Crippen LogP contribution in [0.1, 0.15) is 12.8 Å². The first-order valence-corrected chi connectivity index (χ1v) is 6.45. The monoisotopic (exact) mass is 314 g/mol. The van der Waals surface area contributed by atoms with Crippen molar-refractivity contribution in [3.63, 3.8) is 0 Å². The molecule has 1 rings (SSSR count). The van der Waals surface area contributed by atoms with Crippen molar-refractivity contribution in [2.75, 3.05) is 6.61 Å². The van der Waals surface area contributed by atoms with E-state index < -0.39 is 23.8 Å². The van der Waals surface area contributed by atoms with Crippen molar-refractivity contribution < 1.29 is 24.2 Å². The standard InChI is InChI=1S/C13H15ClN2O5/c14-8-2-1-3-9(6-8)21-7-12(18)16-10(13(19)20)4-5-11(15)17/h1-3,6,10H,4-5,7H2,(H2,15,17)(H,16,18)(H,19,20). The Balaban J connectivity index is 2.46. The van der Waals surface area contributed by atoms with Crippen molar-refractivity contribution in [2.24, 2.45) is 5.73 Å². The Morgan fingerprint density at radius 3 is 2.67 bits per heavy atom. The van der Waals surface area contributed by atoms with Gasteiger partial charge in [-0.3, -0.25) is 9.59 Å². The number of halogens is 1. The highest BCUT2D eigenvalue weighted by atomic mass is 35.5. The number of carbonyl (C=O) groups is 3. The topological polar surface area (TPSA) is 119 Å². The van der Waals surface area contributed by atoms with E-state index in [1.54, 1.807) is 18.2 Å². The van der Waals surface area contributed by atoms with Crippen molar-refractivity contribution in [3.8, 4) is 5.75 Å². The van der Waals surface area contributed by atoms with E-state index in [4.69, 9.17) is 27.2 Å². The third kappa shape index (κ3) is 6.62. The number of benzene rings is 1. The van der Waals surface area contributed by atoms with E-state index in [1.807, 2.05) is 0 Å². The van der Waals surface area contributed by atoms with Gasteiger partial charge in [-0.15, -0.1) is 0 Å². The summed E-state index contributed by atoms with van der Waals surface area (Å²) in [5.74, 6) is -2.11. The molecule has 0 spiro atoms. The average molecular weight is 315 g/mol. The Morgan fingerprint density at radius 1 is 1.38 bits per heavy atom. The van der Waals surface area contributed by atoms with Crippen LogP contribution in [0.15, 0.2) is 24.3 Å². The number of carbonyl (C=O) groups excluding carboxylic acids is 2. The van der Waals surface area contributed by atoms with E-state index in [0.29, 0.717) is 10.8 Å². The number of carboxylic acid groups (broad SMARTS) is 1. The molecule has 0 aromatic heterocycles. The number of nitrogens with one attached hydrogen (secondary N) is 1. The van der Waals surface area contributed by atoms with Crippen LogP contribution in [0.5, 0.6) is 5.75 Å². The predicted molar refractivity (Wildman–Crippen MR) is 74.9 cm³/mol. The van der Waals surface area contributed by atoms with Crippen molar-refractivity contribution in [1.82, 2.24) is 5.32 Å². The van der Waals surface area contributed by atoms with Gasteiger partial charge in [-0.05, 0) is 24.6 Å². The van der Waals surface area contributed by atoms with Gasteiger partial charge >= 0.3 is 5.97 Å². The summed E-state index contributed by atoms with van der Waals surface area (Å²) in [4.78, 5) is 33.2. The lowest BCUT2D eigenvalue weighted by Gasteiger charge is -2.14. The Hall–Kier alpha value is -2.28. The number of nitrogens with two attached hydrogens (primary N) is 1. The molecule has 114 valence electrons. The Kier molecular flexibility index (Phi) is 6.48. The fourth-order valence-corrected chi connectivity index (χ4v) is 1.67. The minimum Gasteiger partial charge on any atom is -0.484 e. The lowest BCUT2D eigenvalue weighted by atomic mass is 10.1. The van der Waals surface area contributed by atoms with Crippen molar-refractivity contribution in [1.29, 1.82) is 0 Å². The van der Waals surface area contributed by atoms with Crippen LogP contribution in [0.2, 0.25) is 5.02 Å². The molecule has 1 aromatic rings. The van der Waals surface area contributed by atoms with Gasteiger partial charge in [0.05, 0.1) is 0 Å². The van der Waals surface area contributed by atoms with Gasteiger partial charge in [-0.1, -0.05) is 17.7 Å². The highest BCUT2D eigenvalue weighted by Gasteiger charge is 2.20. The van der Waals surface area contributed by atoms with Gasteiger partial charge in [0, 0.05) is 11.4 Å². The molecule has 0 aliphatic carbocycles. The van der Waals surface area contributed by atoms with E-state index in [1.165, 1.54) is 6.07 Å². The Labute approximate surface area is 126 Å². The summed E-state index contributed by atoms with van der Waals surface area (Å²) in [6, 6.07) is 5.26. The van der Waals surface area contributed by atoms with Gasteiger partial charge in [0.1, 0.15) is 11.8 Å². The van der Waals surface area contributed by atoms with E-state index in [-0.39, 0.29) is 19.4 Å². The van der Waals surface area contributed by atoms with E-state index in [0.717, 1.165) is 0 Å². The fraction of sp³-hybridized carbons (Fsp3) is 0.308. The van der Waals surface area contributed by atoms with Crippen LogP contribution >= 0.6 is 11.6 Å². The zero-order valence-corrected chi connectivity index (χ0v) is 11.8. The van der Waals surface area contributed by atoms with Crippen LogP contribution in [0.4, 0.5) is 0 Å². The van der Waals surface area contributed by atoms with Gasteiger partial charge in [-0.2, -0.15) is 0 Å². The molecule has 1 aromatic carbocycles. The lowest BCUT2D eigenvalue weighted by Crippen LogP contribution is -2.43. The fourth-order valence-electron chi connectivity index (χ4n) is 1.49. The van der Waals surface area contributed by atoms with Crippen LogP contribution in [0.25, 0.3) is 0 Å². The summed E-state index contributed by atoms with van der Waals surface area (Å²) in [5.41, 5.74) is 4.94. The molecule has 1 unspecified atom stereocenters. The molecule has 0 radical (unpaired) electrons. The first-order chi connectivity index (χ1) is 9.88. The van der Waals surface area contributed by atoms with Gasteiger partial charge in [0.25, 0.3) is 5.91 Å². The Morgan fingerprint density at radius 2 is 2.10 bits per heavy atom. The molecule has 7 nitrogen and oxygen atoms in total. The largest absolute Gasteiger partial charge is 0.484 e. The second-order valence-corrected chi connectivity index (χ2v) is 4.65. The molecule has 0 saturated heterocycles. The summed E-state index contributed by atoms with van der Waals surface area (Å²) in [6.45, 7) is -0.360. The number of hydrogen-bond acceptors (Lipinski definition) is 4. The van der Waals surface area contributed by atoms with Gasteiger partial charge in [0.15, 0.2) is 6.61 Å². The number of ether oxygens (including phenoxy) is 1. The average Bonchev–Trinajstić information content (AvgIpc) is 2.40. The third-order valence-corrected chi connectivity index (χ3v) is 2.71. The van der Waals surface area contributed by atoms with Crippen molar-refractivity contribution in [3.05, 3.63) is 29.3 Å². The van der Waals surface area contributed by atoms with Crippen LogP contribution in [0, 0.1) is 0 Å². The molecule has 8 heteroatoms. The first-order valence-electron chi connectivity index (χ1n) is 6.07. The zero-order chi connectivity index (χ0) is 15.8. The highest BCUT2D eigenvalue weighted by Crippen LogP contribution is 2.16. The Bertz CT molecular complexity index is 535. The smallest absolute Gasteiger partial charge is 0.326 e. The summed E-state index contributed by atoms with van der Waals surface area (Å²) in [5, 5.41) is 11.6. The number of rotatable bonds is 8. The summed E-state index contributed by atoms with van der Waals surface area (Å²) in [7, 11) is 0. The van der Waals surface area contributed by atoms with Crippen molar-refractivity contribution in [2.45, 2.75) is 18.9 Å². The van der Waals surface area contributed by atoms with E-state index >= 15 is 0 Å². The number of amides is 2. The molecule has 1 atom stereocenters. The molecular formula is C13H15ClN2O5. The number of aliphatic carboxylic acids is 1. The highest BCUT2D eigenvalue weighted by molar-refractivity contribution is 6.30. The second kappa shape index (κ2) is 8.11. The summed E-state index contributed by atoms with van der Waals surface area (Å²) >= 11 is 5.75. The van der Waals surface area contributed by atoms with Gasteiger partial charge in [-0.25, -0.2) is 4.79 Å². The van der Waals surface area contributed by atoms with Gasteiger partial charge < -0.3 is 20.9 Å². The number of hydrogen-bond donors (Lipinski definition) is 3. The van der Waals surface area contributed by atoms with Crippen LogP contribution in [-0.4, -0.2) is 35.5 Å². The van der Waals surface area contributed by atoms with Crippen LogP contribution < -0.4 is 15.8 Å². The van der Waals surface area contributed by atoms with Crippen LogP contribution in [-0.2, 0) is 14.4 Å². The molecule has 0 saturated carbocycles. The summed E-state index contributed by atoms with van der Waals surface area (Å²) < 4.78 is 5.17. The summed E-state index contributed by atoms with van der Waals surface area (Å²) in [6.07, 6.45) is -0.208. The SMILES string of the molecule is NC(=O)CCC(NC(=O)COc1cccc(Cl)c1)C(=O)O. The molecule has 21 heavy (non-hydrogen) atoms. The van der Waals surface area contributed by atoms with E-state index in [9.17, 15) is 14.4 Å². The first kappa shape index (κ1) is 16.8. The second-order valence-electron chi connectivity index (χ2n) is 4.21. The van der Waals surface area contributed by atoms with Crippen LogP contribution in [0.3, 0.4) is 0 Å².